The summed E-state index contributed by atoms with van der Waals surface area (Å²) >= 11 is 7.47. The number of amides is 2. The van der Waals surface area contributed by atoms with Crippen molar-refractivity contribution in [3.05, 3.63) is 113 Å². The van der Waals surface area contributed by atoms with Gasteiger partial charge in [-0.3, -0.25) is 9.59 Å². The smallest absolute Gasteiger partial charge is 0.263 e. The number of nitrogens with one attached hydrogen (secondary N) is 2. The van der Waals surface area contributed by atoms with E-state index >= 15 is 0 Å². The van der Waals surface area contributed by atoms with Gasteiger partial charge in [-0.15, -0.1) is 11.8 Å². The van der Waals surface area contributed by atoms with Crippen LogP contribution in [0.3, 0.4) is 0 Å². The van der Waals surface area contributed by atoms with Crippen molar-refractivity contribution in [3.8, 4) is 11.5 Å². The number of hydrogen-bond donors (Lipinski definition) is 2. The first-order chi connectivity index (χ1) is 18.0. The number of rotatable bonds is 9. The summed E-state index contributed by atoms with van der Waals surface area (Å²) in [5.41, 5.74) is 2.34. The molecular weight excluding hydrogens is 508 g/mol. The van der Waals surface area contributed by atoms with Crippen LogP contribution in [0.2, 0.25) is 5.02 Å². The van der Waals surface area contributed by atoms with Gasteiger partial charge < -0.3 is 20.1 Å². The lowest BCUT2D eigenvalue weighted by Gasteiger charge is -2.18. The minimum atomic E-state index is -0.541. The Morgan fingerprint density at radius 3 is 2.03 bits per heavy atom. The predicted molar refractivity (Wildman–Crippen MR) is 149 cm³/mol. The minimum Gasteiger partial charge on any atom is -0.496 e. The van der Waals surface area contributed by atoms with E-state index in [1.165, 1.54) is 26.0 Å². The van der Waals surface area contributed by atoms with Crippen molar-refractivity contribution < 1.29 is 19.1 Å². The molecule has 0 bridgehead atoms. The van der Waals surface area contributed by atoms with Gasteiger partial charge in [0.2, 0.25) is 5.91 Å². The van der Waals surface area contributed by atoms with Crippen molar-refractivity contribution in [1.82, 2.24) is 0 Å². The summed E-state index contributed by atoms with van der Waals surface area (Å²) in [5, 5.41) is 5.86. The highest BCUT2D eigenvalue weighted by Gasteiger charge is 2.23. The number of hydrogen-bond acceptors (Lipinski definition) is 5. The van der Waals surface area contributed by atoms with Crippen LogP contribution in [-0.2, 0) is 4.79 Å². The quantitative estimate of drug-likeness (QED) is 0.225. The zero-order chi connectivity index (χ0) is 26.2. The zero-order valence-electron chi connectivity index (χ0n) is 20.2. The van der Waals surface area contributed by atoms with Crippen molar-refractivity contribution in [2.45, 2.75) is 10.1 Å². The lowest BCUT2D eigenvalue weighted by molar-refractivity contribution is -0.115. The number of carbonyl (C=O) groups excluding carboxylic acids is 2. The maximum Gasteiger partial charge on any atom is 0.263 e. The highest BCUT2D eigenvalue weighted by molar-refractivity contribution is 8.00. The van der Waals surface area contributed by atoms with Gasteiger partial charge in [-0.25, -0.2) is 0 Å². The molecule has 0 aromatic heterocycles. The summed E-state index contributed by atoms with van der Waals surface area (Å²) in [6, 6.07) is 29.0. The Labute approximate surface area is 225 Å². The Bertz CT molecular complexity index is 1380. The maximum atomic E-state index is 13.3. The Morgan fingerprint density at radius 1 is 0.757 bits per heavy atom. The molecule has 4 aromatic carbocycles. The van der Waals surface area contributed by atoms with Gasteiger partial charge in [0.25, 0.3) is 5.91 Å². The Balaban J connectivity index is 1.57. The highest BCUT2D eigenvalue weighted by Crippen LogP contribution is 2.37. The molecule has 37 heavy (non-hydrogen) atoms. The molecule has 4 aromatic rings. The van der Waals surface area contributed by atoms with Gasteiger partial charge in [0, 0.05) is 21.3 Å². The molecular formula is C29H25ClN2O4S. The third kappa shape index (κ3) is 6.64. The normalized spacial score (nSPS) is 11.3. The van der Waals surface area contributed by atoms with E-state index in [2.05, 4.69) is 10.6 Å². The van der Waals surface area contributed by atoms with Crippen molar-refractivity contribution in [2.75, 3.05) is 24.9 Å². The van der Waals surface area contributed by atoms with Gasteiger partial charge in [-0.2, -0.15) is 0 Å². The summed E-state index contributed by atoms with van der Waals surface area (Å²) in [6.07, 6.45) is 0. The van der Waals surface area contributed by atoms with Gasteiger partial charge in [0.15, 0.2) is 0 Å². The number of carbonyl (C=O) groups is 2. The molecule has 2 N–H and O–H groups in total. The van der Waals surface area contributed by atoms with Gasteiger partial charge in [0.1, 0.15) is 22.3 Å². The molecule has 0 aliphatic carbocycles. The van der Waals surface area contributed by atoms with Gasteiger partial charge in [0.05, 0.1) is 14.2 Å². The summed E-state index contributed by atoms with van der Waals surface area (Å²) in [7, 11) is 3.00. The van der Waals surface area contributed by atoms with Crippen molar-refractivity contribution in [3.63, 3.8) is 0 Å². The Kier molecular flexibility index (Phi) is 8.72. The first-order valence-corrected chi connectivity index (χ1v) is 12.6. The molecule has 0 aliphatic heterocycles. The average molecular weight is 533 g/mol. The zero-order valence-corrected chi connectivity index (χ0v) is 21.8. The van der Waals surface area contributed by atoms with E-state index in [1.807, 2.05) is 48.5 Å². The topological polar surface area (TPSA) is 76.7 Å². The third-order valence-electron chi connectivity index (χ3n) is 5.43. The van der Waals surface area contributed by atoms with Crippen molar-refractivity contribution in [1.29, 1.82) is 0 Å². The molecule has 6 nitrogen and oxygen atoms in total. The molecule has 1 unspecified atom stereocenters. The van der Waals surface area contributed by atoms with Crippen molar-refractivity contribution >= 4 is 46.6 Å². The molecule has 0 aliphatic rings. The first kappa shape index (κ1) is 26.1. The summed E-state index contributed by atoms with van der Waals surface area (Å²) in [5.74, 6) is 0.259. The van der Waals surface area contributed by atoms with E-state index in [-0.39, 0.29) is 11.8 Å². The number of benzene rings is 4. The largest absolute Gasteiger partial charge is 0.496 e. The lowest BCUT2D eigenvalue weighted by Crippen LogP contribution is -2.19. The Hall–Kier alpha value is -3.94. The van der Waals surface area contributed by atoms with Crippen LogP contribution in [0.1, 0.15) is 21.2 Å². The van der Waals surface area contributed by atoms with Crippen LogP contribution in [0.25, 0.3) is 0 Å². The fraction of sp³-hybridized carbons (Fsp3) is 0.103. The van der Waals surface area contributed by atoms with Crippen LogP contribution in [0, 0.1) is 0 Å². The fourth-order valence-electron chi connectivity index (χ4n) is 3.73. The van der Waals surface area contributed by atoms with E-state index in [0.29, 0.717) is 33.5 Å². The monoisotopic (exact) mass is 532 g/mol. The minimum absolute atomic E-state index is 0.188. The number of halogens is 1. The van der Waals surface area contributed by atoms with E-state index < -0.39 is 5.25 Å². The standard InChI is InChI=1S/C29H25ClN2O4S/c1-35-24-15-8-16-25(36-2)26(24)28(33)31-22-13-7-14-23(18-22)37-27(19-9-4-3-5-10-19)29(34)32-21-12-6-11-20(30)17-21/h3-18,27H,1-2H3,(H,31,33)(H,32,34). The van der Waals surface area contributed by atoms with Crippen LogP contribution in [0.4, 0.5) is 11.4 Å². The van der Waals surface area contributed by atoms with E-state index in [4.69, 9.17) is 21.1 Å². The molecule has 0 saturated heterocycles. The second kappa shape index (κ2) is 12.3. The van der Waals surface area contributed by atoms with Crippen molar-refractivity contribution in [2.24, 2.45) is 0 Å². The number of ether oxygens (including phenoxy) is 2. The molecule has 0 heterocycles. The highest BCUT2D eigenvalue weighted by atomic mass is 35.5. The number of methoxy groups -OCH3 is 2. The first-order valence-electron chi connectivity index (χ1n) is 11.4. The van der Waals surface area contributed by atoms with Crippen LogP contribution < -0.4 is 20.1 Å². The molecule has 4 rings (SSSR count). The van der Waals surface area contributed by atoms with Gasteiger partial charge in [-0.1, -0.05) is 60.1 Å². The third-order valence-corrected chi connectivity index (χ3v) is 6.92. The van der Waals surface area contributed by atoms with Crippen LogP contribution in [0.15, 0.2) is 102 Å². The number of thioether (sulfide) groups is 1. The SMILES string of the molecule is COc1cccc(OC)c1C(=O)Nc1cccc(SC(C(=O)Nc2cccc(Cl)c2)c2ccccc2)c1. The molecule has 188 valence electrons. The van der Waals surface area contributed by atoms with Gasteiger partial charge >= 0.3 is 0 Å². The van der Waals surface area contributed by atoms with Crippen LogP contribution in [-0.4, -0.2) is 26.0 Å². The molecule has 1 atom stereocenters. The summed E-state index contributed by atoms with van der Waals surface area (Å²) in [6.45, 7) is 0. The molecule has 8 heteroatoms. The van der Waals surface area contributed by atoms with Gasteiger partial charge in [-0.05, 0) is 54.1 Å². The molecule has 0 saturated carbocycles. The van der Waals surface area contributed by atoms with Crippen LogP contribution >= 0.6 is 23.4 Å². The molecule has 0 radical (unpaired) electrons. The van der Waals surface area contributed by atoms with E-state index in [9.17, 15) is 9.59 Å². The number of anilines is 2. The average Bonchev–Trinajstić information content (AvgIpc) is 2.91. The lowest BCUT2D eigenvalue weighted by atomic mass is 10.1. The summed E-state index contributed by atoms with van der Waals surface area (Å²) in [4.78, 5) is 27.3. The van der Waals surface area contributed by atoms with E-state index in [0.717, 1.165) is 10.5 Å². The van der Waals surface area contributed by atoms with E-state index in [1.54, 1.807) is 48.5 Å². The molecule has 0 spiro atoms. The molecule has 2 amide bonds. The summed E-state index contributed by atoms with van der Waals surface area (Å²) < 4.78 is 10.7. The van der Waals surface area contributed by atoms with Crippen LogP contribution in [0.5, 0.6) is 11.5 Å². The molecule has 0 fully saturated rings. The fourth-order valence-corrected chi connectivity index (χ4v) is 5.00. The Morgan fingerprint density at radius 2 is 1.38 bits per heavy atom. The predicted octanol–water partition coefficient (Wildman–Crippen LogP) is 7.08. The second-order valence-corrected chi connectivity index (χ2v) is 9.54. The second-order valence-electron chi connectivity index (χ2n) is 7.93. The maximum absolute atomic E-state index is 13.3.